The summed E-state index contributed by atoms with van der Waals surface area (Å²) in [6.07, 6.45) is 7.55. The van der Waals surface area contributed by atoms with Gasteiger partial charge in [0.15, 0.2) is 0 Å². The van der Waals surface area contributed by atoms with Crippen molar-refractivity contribution >= 4 is 27.5 Å². The van der Waals surface area contributed by atoms with Crippen LogP contribution in [0.2, 0.25) is 0 Å². The van der Waals surface area contributed by atoms with E-state index in [2.05, 4.69) is 20.8 Å². The van der Waals surface area contributed by atoms with Gasteiger partial charge in [0, 0.05) is 30.0 Å². The Hall–Kier alpha value is 0.470. The van der Waals surface area contributed by atoms with Gasteiger partial charge in [-0.15, -0.1) is 0 Å². The molecule has 0 aromatic rings. The third-order valence-electron chi connectivity index (χ3n) is 2.64. The summed E-state index contributed by atoms with van der Waals surface area (Å²) in [7, 11) is 0. The summed E-state index contributed by atoms with van der Waals surface area (Å²) in [5.41, 5.74) is 1.62. The lowest BCUT2D eigenvalue weighted by molar-refractivity contribution is 0.234. The van der Waals surface area contributed by atoms with Crippen LogP contribution in [-0.4, -0.2) is 29.4 Å². The van der Waals surface area contributed by atoms with Crippen molar-refractivity contribution < 1.29 is 0 Å². The quantitative estimate of drug-likeness (QED) is 0.690. The fraction of sp³-hybridized carbons (Fsp3) is 0.800. The maximum absolute atomic E-state index is 5.53. The van der Waals surface area contributed by atoms with Crippen molar-refractivity contribution in [3.8, 4) is 0 Å². The smallest absolute Gasteiger partial charge is 0.0178 e. The maximum atomic E-state index is 5.53. The summed E-state index contributed by atoms with van der Waals surface area (Å²) in [4.78, 5) is 2.51. The Bertz CT molecular complexity index is 155. The number of nitrogens with zero attached hydrogens (tertiary/aromatic N) is 1. The van der Waals surface area contributed by atoms with Crippen molar-refractivity contribution in [2.24, 2.45) is 0 Å². The highest BCUT2D eigenvalue weighted by Crippen LogP contribution is 2.23. The minimum absolute atomic E-state index is 0.797. The molecule has 1 rings (SSSR count). The summed E-state index contributed by atoms with van der Waals surface area (Å²) >= 11 is 9.02. The third kappa shape index (κ3) is 4.01. The van der Waals surface area contributed by atoms with Crippen LogP contribution in [0, 0.1) is 0 Å². The van der Waals surface area contributed by atoms with E-state index < -0.39 is 0 Å². The maximum Gasteiger partial charge on any atom is 0.0178 e. The molecule has 1 nitrogen and oxygen atoms in total. The molecular weight excluding hydrogens is 249 g/mol. The number of alkyl halides is 1. The molecule has 0 unspecified atom stereocenters. The van der Waals surface area contributed by atoms with E-state index in [1.807, 2.05) is 6.08 Å². The molecule has 1 saturated carbocycles. The molecule has 3 heteroatoms. The number of rotatable bonds is 5. The minimum Gasteiger partial charge on any atom is -0.296 e. The van der Waals surface area contributed by atoms with Crippen LogP contribution in [0.5, 0.6) is 0 Å². The summed E-state index contributed by atoms with van der Waals surface area (Å²) in [5.74, 6) is 0. The Morgan fingerprint density at radius 3 is 2.62 bits per heavy atom. The highest BCUT2D eigenvalue weighted by Gasteiger charge is 2.20. The fourth-order valence-corrected chi connectivity index (χ4v) is 2.51. The zero-order chi connectivity index (χ0) is 9.52. The fourth-order valence-electron chi connectivity index (χ4n) is 1.98. The summed E-state index contributed by atoms with van der Waals surface area (Å²) in [6, 6.07) is 0.797. The Morgan fingerprint density at radius 1 is 1.38 bits per heavy atom. The molecule has 0 radical (unpaired) electrons. The highest BCUT2D eigenvalue weighted by molar-refractivity contribution is 9.09. The molecule has 0 aromatic carbocycles. The van der Waals surface area contributed by atoms with Gasteiger partial charge in [-0.25, -0.2) is 0 Å². The van der Waals surface area contributed by atoms with E-state index in [4.69, 9.17) is 11.6 Å². The molecule has 0 heterocycles. The van der Waals surface area contributed by atoms with E-state index in [0.29, 0.717) is 0 Å². The SMILES string of the molecule is Cl/C=C/CN(CCBr)C1CCCC1. The standard InChI is InChI=1S/C10H17BrClN/c11-6-9-13(8-3-7-12)10-4-1-2-5-10/h3,7,10H,1-2,4-6,8-9H2/b7-3+. The molecule has 0 amide bonds. The molecule has 1 aliphatic carbocycles. The summed E-state index contributed by atoms with van der Waals surface area (Å²) in [5, 5.41) is 1.06. The van der Waals surface area contributed by atoms with Gasteiger partial charge in [0.2, 0.25) is 0 Å². The second kappa shape index (κ2) is 6.86. The molecule has 0 saturated heterocycles. The molecule has 76 valence electrons. The zero-order valence-corrected chi connectivity index (χ0v) is 10.2. The monoisotopic (exact) mass is 265 g/mol. The highest BCUT2D eigenvalue weighted by atomic mass is 79.9. The van der Waals surface area contributed by atoms with E-state index >= 15 is 0 Å². The molecular formula is C10H17BrClN. The van der Waals surface area contributed by atoms with Gasteiger partial charge >= 0.3 is 0 Å². The van der Waals surface area contributed by atoms with Crippen LogP contribution in [0.25, 0.3) is 0 Å². The van der Waals surface area contributed by atoms with Crippen LogP contribution >= 0.6 is 27.5 Å². The van der Waals surface area contributed by atoms with E-state index in [0.717, 1.165) is 24.5 Å². The number of hydrogen-bond acceptors (Lipinski definition) is 1. The lowest BCUT2D eigenvalue weighted by Gasteiger charge is -2.26. The molecule has 1 aliphatic rings. The number of halogens is 2. The molecule has 0 atom stereocenters. The lowest BCUT2D eigenvalue weighted by atomic mass is 10.2. The average molecular weight is 267 g/mol. The summed E-state index contributed by atoms with van der Waals surface area (Å²) in [6.45, 7) is 2.13. The predicted octanol–water partition coefficient (Wildman–Crippen LogP) is 3.38. The van der Waals surface area contributed by atoms with Gasteiger partial charge in [0.05, 0.1) is 0 Å². The number of hydrogen-bond donors (Lipinski definition) is 0. The van der Waals surface area contributed by atoms with Crippen LogP contribution in [-0.2, 0) is 0 Å². The van der Waals surface area contributed by atoms with Gasteiger partial charge in [-0.3, -0.25) is 4.90 Å². The van der Waals surface area contributed by atoms with Crippen LogP contribution in [0.3, 0.4) is 0 Å². The van der Waals surface area contributed by atoms with Gasteiger partial charge < -0.3 is 0 Å². The Labute approximate surface area is 94.3 Å². The van der Waals surface area contributed by atoms with E-state index in [1.165, 1.54) is 25.7 Å². The van der Waals surface area contributed by atoms with E-state index in [1.54, 1.807) is 5.54 Å². The van der Waals surface area contributed by atoms with Crippen molar-refractivity contribution in [1.82, 2.24) is 4.90 Å². The Kier molecular flexibility index (Phi) is 6.09. The zero-order valence-electron chi connectivity index (χ0n) is 7.88. The predicted molar refractivity (Wildman–Crippen MR) is 62.6 cm³/mol. The van der Waals surface area contributed by atoms with Crippen molar-refractivity contribution in [3.05, 3.63) is 11.6 Å². The van der Waals surface area contributed by atoms with Crippen molar-refractivity contribution in [1.29, 1.82) is 0 Å². The first kappa shape index (κ1) is 11.5. The molecule has 0 N–H and O–H groups in total. The van der Waals surface area contributed by atoms with Crippen LogP contribution < -0.4 is 0 Å². The van der Waals surface area contributed by atoms with Gasteiger partial charge in [0.25, 0.3) is 0 Å². The molecule has 13 heavy (non-hydrogen) atoms. The first-order chi connectivity index (χ1) is 6.38. The topological polar surface area (TPSA) is 3.24 Å². The molecule has 0 aliphatic heterocycles. The second-order valence-electron chi connectivity index (χ2n) is 3.48. The van der Waals surface area contributed by atoms with Crippen molar-refractivity contribution in [3.63, 3.8) is 0 Å². The Balaban J connectivity index is 2.35. The molecule has 1 fully saturated rings. The molecule has 0 aromatic heterocycles. The lowest BCUT2D eigenvalue weighted by Crippen LogP contribution is -2.34. The largest absolute Gasteiger partial charge is 0.296 e. The molecule has 0 spiro atoms. The van der Waals surface area contributed by atoms with Crippen molar-refractivity contribution in [2.45, 2.75) is 31.7 Å². The minimum atomic E-state index is 0.797. The summed E-state index contributed by atoms with van der Waals surface area (Å²) < 4.78 is 0. The first-order valence-electron chi connectivity index (χ1n) is 4.93. The first-order valence-corrected chi connectivity index (χ1v) is 6.49. The van der Waals surface area contributed by atoms with Crippen LogP contribution in [0.1, 0.15) is 25.7 Å². The van der Waals surface area contributed by atoms with Gasteiger partial charge in [0.1, 0.15) is 0 Å². The van der Waals surface area contributed by atoms with Gasteiger partial charge in [-0.05, 0) is 12.8 Å². The van der Waals surface area contributed by atoms with Gasteiger partial charge in [-0.2, -0.15) is 0 Å². The van der Waals surface area contributed by atoms with Crippen molar-refractivity contribution in [2.75, 3.05) is 18.4 Å². The normalized spacial score (nSPS) is 19.3. The second-order valence-corrected chi connectivity index (χ2v) is 4.53. The van der Waals surface area contributed by atoms with E-state index in [-0.39, 0.29) is 0 Å². The van der Waals surface area contributed by atoms with Gasteiger partial charge in [-0.1, -0.05) is 46.4 Å². The third-order valence-corrected chi connectivity index (χ3v) is 3.17. The van der Waals surface area contributed by atoms with Crippen LogP contribution in [0.4, 0.5) is 0 Å². The van der Waals surface area contributed by atoms with Crippen LogP contribution in [0.15, 0.2) is 11.6 Å². The Morgan fingerprint density at radius 2 is 2.08 bits per heavy atom. The average Bonchev–Trinajstić information content (AvgIpc) is 2.65. The van der Waals surface area contributed by atoms with E-state index in [9.17, 15) is 0 Å². The molecule has 0 bridgehead atoms.